The zero-order chi connectivity index (χ0) is 22.3. The molecule has 1 aromatic rings. The monoisotopic (exact) mass is 418 g/mol. The molecule has 0 spiro atoms. The van der Waals surface area contributed by atoms with Gasteiger partial charge in [-0.3, -0.25) is 0 Å². The van der Waals surface area contributed by atoms with Gasteiger partial charge in [0.25, 0.3) is 0 Å². The van der Waals surface area contributed by atoms with Crippen LogP contribution in [0.2, 0.25) is 0 Å². The van der Waals surface area contributed by atoms with Gasteiger partial charge in [-0.2, -0.15) is 0 Å². The third kappa shape index (κ3) is 4.89. The molecular weight excluding hydrogens is 383 g/mol. The van der Waals surface area contributed by atoms with Gasteiger partial charge in [-0.05, 0) is 61.3 Å². The minimum atomic E-state index is -0.497. The first-order valence-electron chi connectivity index (χ1n) is 10.7. The smallest absolute Gasteiger partial charge is 0.444 e. The summed E-state index contributed by atoms with van der Waals surface area (Å²) in [5.74, 6) is 0.603. The van der Waals surface area contributed by atoms with Gasteiger partial charge in [0.05, 0.1) is 17.2 Å². The Hall–Kier alpha value is -1.87. The predicted molar refractivity (Wildman–Crippen MR) is 117 cm³/mol. The number of hydrogen-bond donors (Lipinski definition) is 0. The second-order valence-corrected chi connectivity index (χ2v) is 10.3. The van der Waals surface area contributed by atoms with E-state index in [9.17, 15) is 4.79 Å². The van der Waals surface area contributed by atoms with Crippen LogP contribution >= 0.6 is 0 Å². The van der Waals surface area contributed by atoms with E-state index in [2.05, 4.69) is 9.97 Å². The lowest BCUT2D eigenvalue weighted by Crippen LogP contribution is -2.45. The fourth-order valence-electron chi connectivity index (χ4n) is 3.61. The van der Waals surface area contributed by atoms with Crippen molar-refractivity contribution < 1.29 is 18.8 Å². The highest BCUT2D eigenvalue weighted by molar-refractivity contribution is 6.61. The number of nitrogens with zero attached hydrogens (tertiary/aromatic N) is 4. The van der Waals surface area contributed by atoms with Crippen molar-refractivity contribution in [2.75, 3.05) is 25.0 Å². The minimum absolute atomic E-state index is 0.0798. The molecule has 0 N–H and O–H groups in total. The number of hydrogen-bond acceptors (Lipinski definition) is 7. The summed E-state index contributed by atoms with van der Waals surface area (Å²) in [6.07, 6.45) is 5.16. The summed E-state index contributed by atoms with van der Waals surface area (Å²) in [6, 6.07) is 0.0798. The van der Waals surface area contributed by atoms with Crippen LogP contribution in [-0.4, -0.2) is 71.1 Å². The van der Waals surface area contributed by atoms with E-state index in [1.807, 2.05) is 65.3 Å². The largest absolute Gasteiger partial charge is 0.498 e. The molecule has 0 saturated carbocycles. The molecule has 0 aliphatic carbocycles. The average molecular weight is 418 g/mol. The molecule has 166 valence electrons. The van der Waals surface area contributed by atoms with Crippen LogP contribution in [0, 0.1) is 0 Å². The molecule has 0 radical (unpaired) electrons. The summed E-state index contributed by atoms with van der Waals surface area (Å²) < 4.78 is 17.7. The molecule has 2 aliphatic rings. The first-order valence-corrected chi connectivity index (χ1v) is 10.7. The molecular formula is C21H35BN4O4. The summed E-state index contributed by atoms with van der Waals surface area (Å²) in [4.78, 5) is 25.3. The van der Waals surface area contributed by atoms with Crippen molar-refractivity contribution in [3.63, 3.8) is 0 Å². The first kappa shape index (κ1) is 22.8. The molecule has 2 fully saturated rings. The van der Waals surface area contributed by atoms with Crippen LogP contribution < -0.4 is 10.4 Å². The number of rotatable bonds is 4. The SMILES string of the molecule is CN(C[C@H]1CCCN1C(=O)OC(C)(C)C)c1ncc(B2OC(C)(C)C(C)(C)O2)cn1. The van der Waals surface area contributed by atoms with Crippen molar-refractivity contribution in [2.24, 2.45) is 0 Å². The second kappa shape index (κ2) is 8.00. The number of carbonyl (C=O) groups is 1. The molecule has 0 bridgehead atoms. The van der Waals surface area contributed by atoms with Crippen LogP contribution in [0.25, 0.3) is 0 Å². The van der Waals surface area contributed by atoms with Crippen molar-refractivity contribution in [1.29, 1.82) is 0 Å². The van der Waals surface area contributed by atoms with E-state index in [1.165, 1.54) is 0 Å². The maximum absolute atomic E-state index is 12.5. The maximum atomic E-state index is 12.5. The number of anilines is 1. The number of likely N-dealkylation sites (N-methyl/N-ethyl adjacent to an activating group) is 1. The topological polar surface area (TPSA) is 77.0 Å². The van der Waals surface area contributed by atoms with Gasteiger partial charge in [0.2, 0.25) is 5.95 Å². The summed E-state index contributed by atoms with van der Waals surface area (Å²) in [6.45, 7) is 15.1. The van der Waals surface area contributed by atoms with Gasteiger partial charge < -0.3 is 23.8 Å². The molecule has 3 heterocycles. The highest BCUT2D eigenvalue weighted by Gasteiger charge is 2.52. The van der Waals surface area contributed by atoms with Crippen molar-refractivity contribution in [2.45, 2.75) is 84.2 Å². The molecule has 1 amide bonds. The Labute approximate surface area is 180 Å². The minimum Gasteiger partial charge on any atom is -0.444 e. The Morgan fingerprint density at radius 1 is 1.23 bits per heavy atom. The predicted octanol–water partition coefficient (Wildman–Crippen LogP) is 2.61. The van der Waals surface area contributed by atoms with E-state index in [1.54, 1.807) is 12.4 Å². The standard InChI is InChI=1S/C21H35BN4O4/c1-19(2,3)28-18(27)26-11-9-10-16(26)14-25(8)17-23-12-15(13-24-17)22-29-20(4,5)21(6,7)30-22/h12-13,16H,9-11,14H2,1-8H3/t16-/m1/s1. The molecule has 3 rings (SSSR count). The highest BCUT2D eigenvalue weighted by atomic mass is 16.7. The van der Waals surface area contributed by atoms with E-state index in [0.29, 0.717) is 12.5 Å². The van der Waals surface area contributed by atoms with Crippen molar-refractivity contribution >= 4 is 24.6 Å². The molecule has 9 heteroatoms. The van der Waals surface area contributed by atoms with E-state index in [4.69, 9.17) is 14.0 Å². The molecule has 30 heavy (non-hydrogen) atoms. The molecule has 2 aliphatic heterocycles. The van der Waals surface area contributed by atoms with Crippen molar-refractivity contribution in [3.05, 3.63) is 12.4 Å². The normalized spacial score (nSPS) is 23.0. The maximum Gasteiger partial charge on any atom is 0.498 e. The van der Waals surface area contributed by atoms with Gasteiger partial charge in [0.1, 0.15) is 5.60 Å². The molecule has 8 nitrogen and oxygen atoms in total. The van der Waals surface area contributed by atoms with E-state index >= 15 is 0 Å². The van der Waals surface area contributed by atoms with Gasteiger partial charge in [0, 0.05) is 38.0 Å². The van der Waals surface area contributed by atoms with Crippen LogP contribution in [0.15, 0.2) is 12.4 Å². The fraction of sp³-hybridized carbons (Fsp3) is 0.762. The van der Waals surface area contributed by atoms with Crippen molar-refractivity contribution in [3.8, 4) is 0 Å². The van der Waals surface area contributed by atoms with Gasteiger partial charge >= 0.3 is 13.2 Å². The van der Waals surface area contributed by atoms with E-state index in [-0.39, 0.29) is 12.1 Å². The third-order valence-corrected chi connectivity index (χ3v) is 6.01. The number of carbonyl (C=O) groups excluding carboxylic acids is 1. The lowest BCUT2D eigenvalue weighted by atomic mass is 9.81. The lowest BCUT2D eigenvalue weighted by molar-refractivity contribution is 0.00578. The summed E-state index contributed by atoms with van der Waals surface area (Å²) in [5, 5.41) is 0. The van der Waals surface area contributed by atoms with Crippen LogP contribution in [0.5, 0.6) is 0 Å². The number of aromatic nitrogens is 2. The van der Waals surface area contributed by atoms with Gasteiger partial charge in [-0.25, -0.2) is 14.8 Å². The summed E-state index contributed by atoms with van der Waals surface area (Å²) >= 11 is 0. The van der Waals surface area contributed by atoms with Gasteiger partial charge in [-0.1, -0.05) is 0 Å². The van der Waals surface area contributed by atoms with E-state index in [0.717, 1.165) is 24.8 Å². The fourth-order valence-corrected chi connectivity index (χ4v) is 3.61. The molecule has 1 aromatic heterocycles. The van der Waals surface area contributed by atoms with Crippen LogP contribution in [0.4, 0.5) is 10.7 Å². The number of ether oxygens (including phenoxy) is 1. The zero-order valence-corrected chi connectivity index (χ0v) is 19.6. The molecule has 0 unspecified atom stereocenters. The zero-order valence-electron chi connectivity index (χ0n) is 19.6. The second-order valence-electron chi connectivity index (χ2n) is 10.3. The highest BCUT2D eigenvalue weighted by Crippen LogP contribution is 2.36. The molecule has 2 saturated heterocycles. The van der Waals surface area contributed by atoms with Gasteiger partial charge in [-0.15, -0.1) is 0 Å². The van der Waals surface area contributed by atoms with Crippen LogP contribution in [0.1, 0.15) is 61.3 Å². The Bertz CT molecular complexity index is 747. The van der Waals surface area contributed by atoms with Crippen LogP contribution in [-0.2, 0) is 14.0 Å². The number of amides is 1. The lowest BCUT2D eigenvalue weighted by Gasteiger charge is -2.32. The summed E-state index contributed by atoms with van der Waals surface area (Å²) in [5.41, 5.74) is -0.508. The summed E-state index contributed by atoms with van der Waals surface area (Å²) in [7, 11) is 1.46. The number of likely N-dealkylation sites (tertiary alicyclic amines) is 1. The van der Waals surface area contributed by atoms with Crippen molar-refractivity contribution in [1.82, 2.24) is 14.9 Å². The quantitative estimate of drug-likeness (QED) is 0.696. The Balaban J connectivity index is 1.62. The Morgan fingerprint density at radius 3 is 2.33 bits per heavy atom. The first-order chi connectivity index (χ1) is 13.8. The Kier molecular flexibility index (Phi) is 6.08. The van der Waals surface area contributed by atoms with Crippen LogP contribution in [0.3, 0.4) is 0 Å². The molecule has 1 atom stereocenters. The average Bonchev–Trinajstić information content (AvgIpc) is 3.15. The third-order valence-electron chi connectivity index (χ3n) is 6.01. The Morgan fingerprint density at radius 2 is 1.80 bits per heavy atom. The molecule has 0 aromatic carbocycles. The van der Waals surface area contributed by atoms with E-state index < -0.39 is 23.9 Å². The van der Waals surface area contributed by atoms with Gasteiger partial charge in [0.15, 0.2) is 0 Å².